The van der Waals surface area contributed by atoms with E-state index < -0.39 is 11.8 Å². The number of hydrogen-bond donors (Lipinski definition) is 1. The second kappa shape index (κ2) is 8.90. The van der Waals surface area contributed by atoms with Gasteiger partial charge in [0.15, 0.2) is 0 Å². The van der Waals surface area contributed by atoms with Gasteiger partial charge in [0.05, 0.1) is 11.6 Å². The third-order valence-electron chi connectivity index (χ3n) is 3.14. The minimum atomic E-state index is -0.750. The van der Waals surface area contributed by atoms with Crippen molar-refractivity contribution in [2.45, 2.75) is 6.92 Å². The van der Waals surface area contributed by atoms with E-state index in [0.717, 1.165) is 0 Å². The second-order valence-corrected chi connectivity index (χ2v) is 6.16. The van der Waals surface area contributed by atoms with Crippen molar-refractivity contribution in [3.05, 3.63) is 74.9 Å². The van der Waals surface area contributed by atoms with Gasteiger partial charge in [-0.2, -0.15) is 0 Å². The van der Waals surface area contributed by atoms with Crippen LogP contribution < -0.4 is 5.32 Å². The van der Waals surface area contributed by atoms with Crippen LogP contribution in [0.25, 0.3) is 0 Å². The van der Waals surface area contributed by atoms with Crippen molar-refractivity contribution in [1.29, 1.82) is 0 Å². The lowest BCUT2D eigenvalue weighted by Gasteiger charge is -2.09. The summed E-state index contributed by atoms with van der Waals surface area (Å²) in [6.45, 7) is 1.79. The molecular formula is C18H14Cl3NO3. The zero-order valence-electron chi connectivity index (χ0n) is 13.2. The molecule has 0 spiro atoms. The number of halogens is 3. The van der Waals surface area contributed by atoms with Crippen LogP contribution in [0.3, 0.4) is 0 Å². The van der Waals surface area contributed by atoms with Gasteiger partial charge < -0.3 is 10.1 Å². The number of Topliss-reactive ketones (excluding diaryl/α,β-unsaturated/α-hetero) is 1. The number of nitrogens with one attached hydrogen (secondary N) is 1. The smallest absolute Gasteiger partial charge is 0.343 e. The second-order valence-electron chi connectivity index (χ2n) is 4.88. The van der Waals surface area contributed by atoms with Gasteiger partial charge in [-0.05, 0) is 49.4 Å². The Bertz CT molecular complexity index is 817. The lowest BCUT2D eigenvalue weighted by atomic mass is 10.0. The fraction of sp³-hybridized carbons (Fsp3) is 0.111. The Hall–Kier alpha value is -2.01. The maximum absolute atomic E-state index is 12.7. The predicted molar refractivity (Wildman–Crippen MR) is 101 cm³/mol. The Morgan fingerprint density at radius 3 is 2.28 bits per heavy atom. The number of ketones is 1. The highest BCUT2D eigenvalue weighted by Gasteiger charge is 2.23. The van der Waals surface area contributed by atoms with E-state index in [1.165, 1.54) is 24.4 Å². The summed E-state index contributed by atoms with van der Waals surface area (Å²) in [5.74, 6) is -1.32. The number of esters is 1. The van der Waals surface area contributed by atoms with Gasteiger partial charge in [-0.1, -0.05) is 34.8 Å². The first-order valence-corrected chi connectivity index (χ1v) is 8.45. The van der Waals surface area contributed by atoms with Gasteiger partial charge in [0, 0.05) is 27.5 Å². The van der Waals surface area contributed by atoms with E-state index >= 15 is 0 Å². The third kappa shape index (κ3) is 5.23. The van der Waals surface area contributed by atoms with Crippen LogP contribution in [0.2, 0.25) is 15.1 Å². The lowest BCUT2D eigenvalue weighted by Crippen LogP contribution is -2.18. The minimum absolute atomic E-state index is 0.138. The van der Waals surface area contributed by atoms with Crippen molar-refractivity contribution in [2.75, 3.05) is 11.9 Å². The Morgan fingerprint density at radius 2 is 1.68 bits per heavy atom. The quantitative estimate of drug-likeness (QED) is 0.233. The predicted octanol–water partition coefficient (Wildman–Crippen LogP) is 5.39. The molecule has 2 rings (SSSR count). The molecule has 0 aliphatic rings. The average molecular weight is 399 g/mol. The maximum Gasteiger partial charge on any atom is 0.343 e. The summed E-state index contributed by atoms with van der Waals surface area (Å²) in [6.07, 6.45) is 1.29. The number of ether oxygens (including phenoxy) is 1. The molecule has 25 heavy (non-hydrogen) atoms. The largest absolute Gasteiger partial charge is 0.462 e. The number of anilines is 1. The fourth-order valence-corrected chi connectivity index (χ4v) is 2.57. The van der Waals surface area contributed by atoms with Gasteiger partial charge in [-0.3, -0.25) is 4.79 Å². The van der Waals surface area contributed by atoms with Crippen LogP contribution in [0, 0.1) is 0 Å². The first-order valence-electron chi connectivity index (χ1n) is 7.31. The molecular weight excluding hydrogens is 385 g/mol. The zero-order chi connectivity index (χ0) is 18.4. The zero-order valence-corrected chi connectivity index (χ0v) is 15.5. The van der Waals surface area contributed by atoms with E-state index in [4.69, 9.17) is 39.5 Å². The highest BCUT2D eigenvalue weighted by atomic mass is 35.5. The highest BCUT2D eigenvalue weighted by molar-refractivity contribution is 6.39. The van der Waals surface area contributed by atoms with E-state index in [1.54, 1.807) is 31.2 Å². The van der Waals surface area contributed by atoms with Gasteiger partial charge in [-0.15, -0.1) is 0 Å². The van der Waals surface area contributed by atoms with Gasteiger partial charge in [0.2, 0.25) is 5.78 Å². The molecule has 1 N–H and O–H groups in total. The van der Waals surface area contributed by atoms with E-state index in [0.29, 0.717) is 15.7 Å². The highest BCUT2D eigenvalue weighted by Crippen LogP contribution is 2.24. The van der Waals surface area contributed by atoms with Crippen molar-refractivity contribution >= 4 is 52.2 Å². The summed E-state index contributed by atoms with van der Waals surface area (Å²) in [6, 6.07) is 11.2. The summed E-state index contributed by atoms with van der Waals surface area (Å²) in [7, 11) is 0. The molecule has 0 amide bonds. The summed E-state index contributed by atoms with van der Waals surface area (Å²) in [5.41, 5.74) is 0.630. The van der Waals surface area contributed by atoms with Crippen molar-refractivity contribution in [3.63, 3.8) is 0 Å². The van der Waals surface area contributed by atoms with Crippen molar-refractivity contribution in [1.82, 2.24) is 0 Å². The van der Waals surface area contributed by atoms with Crippen LogP contribution >= 0.6 is 34.8 Å². The van der Waals surface area contributed by atoms with Crippen molar-refractivity contribution < 1.29 is 14.3 Å². The standard InChI is InChI=1S/C18H14Cl3NO3/c1-2-25-18(24)15(10-22-13-6-3-11(19)4-7-13)17(23)14-8-5-12(20)9-16(14)21/h3-10,22H,2H2,1H3. The maximum atomic E-state index is 12.7. The van der Waals surface area contributed by atoms with Gasteiger partial charge >= 0.3 is 5.97 Å². The molecule has 0 aliphatic carbocycles. The average Bonchev–Trinajstić information content (AvgIpc) is 2.56. The van der Waals surface area contributed by atoms with Crippen LogP contribution in [-0.2, 0) is 9.53 Å². The molecule has 2 aromatic carbocycles. The molecule has 0 saturated carbocycles. The van der Waals surface area contributed by atoms with Gasteiger partial charge in [0.1, 0.15) is 5.57 Å². The number of carbonyl (C=O) groups is 2. The van der Waals surface area contributed by atoms with Crippen molar-refractivity contribution in [2.24, 2.45) is 0 Å². The molecule has 0 bridgehead atoms. The molecule has 0 heterocycles. The Labute approximate surface area is 160 Å². The number of rotatable bonds is 6. The minimum Gasteiger partial charge on any atom is -0.462 e. The summed E-state index contributed by atoms with van der Waals surface area (Å²) in [5, 5.41) is 4.00. The van der Waals surface area contributed by atoms with E-state index in [9.17, 15) is 9.59 Å². The van der Waals surface area contributed by atoms with Crippen LogP contribution in [0.5, 0.6) is 0 Å². The van der Waals surface area contributed by atoms with Crippen LogP contribution in [0.1, 0.15) is 17.3 Å². The normalized spacial score (nSPS) is 11.1. The topological polar surface area (TPSA) is 55.4 Å². The summed E-state index contributed by atoms with van der Waals surface area (Å²) < 4.78 is 4.96. The van der Waals surface area contributed by atoms with Crippen LogP contribution in [0.4, 0.5) is 5.69 Å². The number of benzene rings is 2. The SMILES string of the molecule is CCOC(=O)C(=CNc1ccc(Cl)cc1)C(=O)c1ccc(Cl)cc1Cl. The Kier molecular flexibility index (Phi) is 6.88. The van der Waals surface area contributed by atoms with Crippen LogP contribution in [-0.4, -0.2) is 18.4 Å². The molecule has 0 atom stereocenters. The third-order valence-corrected chi connectivity index (χ3v) is 3.94. The first kappa shape index (κ1) is 19.3. The molecule has 0 unspecified atom stereocenters. The van der Waals surface area contributed by atoms with Crippen molar-refractivity contribution in [3.8, 4) is 0 Å². The molecule has 4 nitrogen and oxygen atoms in total. The molecule has 0 saturated heterocycles. The Balaban J connectivity index is 2.34. The first-order chi connectivity index (χ1) is 11.9. The lowest BCUT2D eigenvalue weighted by molar-refractivity contribution is -0.138. The molecule has 0 aromatic heterocycles. The van der Waals surface area contributed by atoms with E-state index in [-0.39, 0.29) is 22.8 Å². The van der Waals surface area contributed by atoms with Crippen LogP contribution in [0.15, 0.2) is 54.2 Å². The van der Waals surface area contributed by atoms with E-state index in [1.807, 2.05) is 0 Å². The van der Waals surface area contributed by atoms with Gasteiger partial charge in [0.25, 0.3) is 0 Å². The fourth-order valence-electron chi connectivity index (χ4n) is 1.95. The number of hydrogen-bond acceptors (Lipinski definition) is 4. The summed E-state index contributed by atoms with van der Waals surface area (Å²) in [4.78, 5) is 24.9. The number of carbonyl (C=O) groups excluding carboxylic acids is 2. The Morgan fingerprint density at radius 1 is 1.04 bits per heavy atom. The molecule has 7 heteroatoms. The molecule has 0 radical (unpaired) electrons. The van der Waals surface area contributed by atoms with Gasteiger partial charge in [-0.25, -0.2) is 4.79 Å². The monoisotopic (exact) mass is 397 g/mol. The molecule has 2 aromatic rings. The molecule has 0 fully saturated rings. The summed E-state index contributed by atoms with van der Waals surface area (Å²) >= 11 is 17.7. The molecule has 130 valence electrons. The molecule has 0 aliphatic heterocycles. The van der Waals surface area contributed by atoms with E-state index in [2.05, 4.69) is 5.32 Å².